The second-order valence-electron chi connectivity index (χ2n) is 4.04. The Morgan fingerprint density at radius 3 is 2.45 bits per heavy atom. The molecular weight excluding hydrogens is 344 g/mol. The minimum Gasteiger partial charge on any atom is -0.502 e. The van der Waals surface area contributed by atoms with Gasteiger partial charge in [0, 0.05) is 16.2 Å². The molecule has 0 atom stereocenters. The van der Waals surface area contributed by atoms with Crippen molar-refractivity contribution in [3.05, 3.63) is 45.6 Å². The first kappa shape index (κ1) is 13.0. The van der Waals surface area contributed by atoms with Gasteiger partial charge in [-0.15, -0.1) is 11.3 Å². The van der Waals surface area contributed by atoms with Crippen molar-refractivity contribution in [3.8, 4) is 10.6 Å². The predicted molar refractivity (Wildman–Crippen MR) is 77.9 cm³/mol. The van der Waals surface area contributed by atoms with Crippen molar-refractivity contribution in [2.45, 2.75) is 0 Å². The van der Waals surface area contributed by atoms with E-state index in [4.69, 9.17) is 0 Å². The van der Waals surface area contributed by atoms with Crippen LogP contribution in [0.3, 0.4) is 0 Å². The van der Waals surface area contributed by atoms with Gasteiger partial charge in [-0.3, -0.25) is 14.9 Å². The number of aromatic nitrogens is 1. The molecule has 0 fully saturated rings. The molecule has 1 aliphatic heterocycles. The zero-order valence-electron chi connectivity index (χ0n) is 9.88. The molecule has 20 heavy (non-hydrogen) atoms. The molecule has 0 saturated heterocycles. The minimum absolute atomic E-state index is 0.0177. The Balaban J connectivity index is 2.01. The van der Waals surface area contributed by atoms with E-state index in [1.165, 1.54) is 17.5 Å². The topological polar surface area (TPSA) is 79.3 Å². The molecule has 1 aliphatic rings. The Bertz CT molecular complexity index is 749. The van der Waals surface area contributed by atoms with Crippen LogP contribution < -0.4 is 5.32 Å². The summed E-state index contributed by atoms with van der Waals surface area (Å²) in [5.74, 6) is -1.93. The summed E-state index contributed by atoms with van der Waals surface area (Å²) in [5, 5.41) is 12.4. The van der Waals surface area contributed by atoms with Gasteiger partial charge in [-0.2, -0.15) is 0 Å². The normalized spacial score (nSPS) is 14.8. The zero-order chi connectivity index (χ0) is 14.3. The second-order valence-corrected chi connectivity index (χ2v) is 5.99. The van der Waals surface area contributed by atoms with Crippen LogP contribution in [0.2, 0.25) is 0 Å². The molecule has 0 spiro atoms. The summed E-state index contributed by atoms with van der Waals surface area (Å²) < 4.78 is 0.958. The molecular formula is C13H7BrN2O3S. The van der Waals surface area contributed by atoms with E-state index in [2.05, 4.69) is 20.9 Å². The number of hydrogen-bond donors (Lipinski definition) is 2. The van der Waals surface area contributed by atoms with Gasteiger partial charge in [-0.1, -0.05) is 28.1 Å². The molecule has 7 heteroatoms. The average molecular weight is 351 g/mol. The monoisotopic (exact) mass is 350 g/mol. The molecule has 2 heterocycles. The first-order valence-electron chi connectivity index (χ1n) is 5.57. The lowest BCUT2D eigenvalue weighted by atomic mass is 10.2. The lowest BCUT2D eigenvalue weighted by molar-refractivity contribution is -0.124. The molecule has 1 aromatic carbocycles. The number of amides is 2. The Morgan fingerprint density at radius 2 is 1.85 bits per heavy atom. The SMILES string of the molecule is O=C1NC(=O)C(c2cnc(-c3ccc(Br)cc3)s2)=C1O. The van der Waals surface area contributed by atoms with Crippen LogP contribution >= 0.6 is 27.3 Å². The number of thiazole rings is 1. The molecule has 3 rings (SSSR count). The summed E-state index contributed by atoms with van der Waals surface area (Å²) in [6.07, 6.45) is 1.48. The maximum Gasteiger partial charge on any atom is 0.293 e. The number of aliphatic hydroxyl groups is 1. The fourth-order valence-corrected chi connectivity index (χ4v) is 3.02. The van der Waals surface area contributed by atoms with E-state index in [0.29, 0.717) is 9.88 Å². The standard InChI is InChI=1S/C13H7BrN2O3S/c14-7-3-1-6(2-4-7)13-15-5-8(20-13)9-10(17)12(19)16-11(9)18/h1-5H,(H2,16,17,18,19). The van der Waals surface area contributed by atoms with Gasteiger partial charge in [-0.05, 0) is 12.1 Å². The fraction of sp³-hybridized carbons (Fsp3) is 0. The zero-order valence-corrected chi connectivity index (χ0v) is 12.3. The highest BCUT2D eigenvalue weighted by molar-refractivity contribution is 9.10. The molecule has 2 N–H and O–H groups in total. The molecule has 0 saturated carbocycles. The maximum absolute atomic E-state index is 11.6. The van der Waals surface area contributed by atoms with Crippen LogP contribution in [0.5, 0.6) is 0 Å². The molecule has 5 nitrogen and oxygen atoms in total. The van der Waals surface area contributed by atoms with Crippen molar-refractivity contribution in [1.29, 1.82) is 0 Å². The number of nitrogens with one attached hydrogen (secondary N) is 1. The van der Waals surface area contributed by atoms with Crippen LogP contribution in [0.15, 0.2) is 40.7 Å². The van der Waals surface area contributed by atoms with Crippen LogP contribution in [0, 0.1) is 0 Å². The highest BCUT2D eigenvalue weighted by atomic mass is 79.9. The third-order valence-electron chi connectivity index (χ3n) is 2.75. The van der Waals surface area contributed by atoms with Crippen LogP contribution in [-0.4, -0.2) is 21.9 Å². The molecule has 0 bridgehead atoms. The lowest BCUT2D eigenvalue weighted by Crippen LogP contribution is -2.22. The van der Waals surface area contributed by atoms with Crippen LogP contribution in [0.4, 0.5) is 0 Å². The molecule has 0 unspecified atom stereocenters. The Kier molecular flexibility index (Phi) is 3.15. The van der Waals surface area contributed by atoms with E-state index in [9.17, 15) is 14.7 Å². The van der Waals surface area contributed by atoms with Crippen LogP contribution in [0.1, 0.15) is 4.88 Å². The predicted octanol–water partition coefficient (Wildman–Crippen LogP) is 2.50. The maximum atomic E-state index is 11.6. The third kappa shape index (κ3) is 2.14. The van der Waals surface area contributed by atoms with E-state index in [1.54, 1.807) is 0 Å². The molecule has 0 radical (unpaired) electrons. The van der Waals surface area contributed by atoms with Gasteiger partial charge < -0.3 is 5.11 Å². The van der Waals surface area contributed by atoms with E-state index < -0.39 is 17.6 Å². The van der Waals surface area contributed by atoms with Crippen molar-refractivity contribution >= 4 is 44.7 Å². The van der Waals surface area contributed by atoms with Crippen molar-refractivity contribution in [1.82, 2.24) is 10.3 Å². The molecule has 2 aromatic rings. The number of carbonyl (C=O) groups excluding carboxylic acids is 2. The number of halogens is 1. The average Bonchev–Trinajstić information content (AvgIpc) is 2.97. The third-order valence-corrected chi connectivity index (χ3v) is 4.34. The van der Waals surface area contributed by atoms with Gasteiger partial charge in [0.2, 0.25) is 0 Å². The Hall–Kier alpha value is -1.99. The highest BCUT2D eigenvalue weighted by Gasteiger charge is 2.32. The number of carbonyl (C=O) groups is 2. The summed E-state index contributed by atoms with van der Waals surface area (Å²) in [6.45, 7) is 0. The van der Waals surface area contributed by atoms with E-state index >= 15 is 0 Å². The molecule has 100 valence electrons. The van der Waals surface area contributed by atoms with Crippen molar-refractivity contribution < 1.29 is 14.7 Å². The fourth-order valence-electron chi connectivity index (χ4n) is 1.79. The number of hydrogen-bond acceptors (Lipinski definition) is 5. The Morgan fingerprint density at radius 1 is 1.15 bits per heavy atom. The van der Waals surface area contributed by atoms with E-state index in [0.717, 1.165) is 10.0 Å². The van der Waals surface area contributed by atoms with Gasteiger partial charge in [0.05, 0.1) is 4.88 Å². The summed E-state index contributed by atoms with van der Waals surface area (Å²) in [7, 11) is 0. The van der Waals surface area contributed by atoms with Crippen molar-refractivity contribution in [2.75, 3.05) is 0 Å². The number of rotatable bonds is 2. The number of aliphatic hydroxyl groups excluding tert-OH is 1. The van der Waals surface area contributed by atoms with Gasteiger partial charge in [0.1, 0.15) is 10.6 Å². The highest BCUT2D eigenvalue weighted by Crippen LogP contribution is 2.32. The molecule has 2 amide bonds. The molecule has 1 aromatic heterocycles. The number of imide groups is 1. The smallest absolute Gasteiger partial charge is 0.293 e. The van der Waals surface area contributed by atoms with E-state index in [1.807, 2.05) is 29.6 Å². The largest absolute Gasteiger partial charge is 0.502 e. The van der Waals surface area contributed by atoms with Gasteiger partial charge in [-0.25, -0.2) is 4.98 Å². The van der Waals surface area contributed by atoms with Gasteiger partial charge >= 0.3 is 0 Å². The quantitative estimate of drug-likeness (QED) is 0.815. The first-order valence-corrected chi connectivity index (χ1v) is 7.18. The first-order chi connectivity index (χ1) is 9.56. The van der Waals surface area contributed by atoms with Crippen molar-refractivity contribution in [2.24, 2.45) is 0 Å². The minimum atomic E-state index is -0.774. The number of nitrogens with zero attached hydrogens (tertiary/aromatic N) is 1. The summed E-state index contributed by atoms with van der Waals surface area (Å²) >= 11 is 4.59. The van der Waals surface area contributed by atoms with Gasteiger partial charge in [0.15, 0.2) is 5.76 Å². The van der Waals surface area contributed by atoms with Gasteiger partial charge in [0.25, 0.3) is 11.8 Å². The van der Waals surface area contributed by atoms with Crippen molar-refractivity contribution in [3.63, 3.8) is 0 Å². The molecule has 0 aliphatic carbocycles. The lowest BCUT2D eigenvalue weighted by Gasteiger charge is -1.96. The summed E-state index contributed by atoms with van der Waals surface area (Å²) in [5.41, 5.74) is 0.880. The van der Waals surface area contributed by atoms with E-state index in [-0.39, 0.29) is 5.57 Å². The summed E-state index contributed by atoms with van der Waals surface area (Å²) in [6, 6.07) is 7.56. The van der Waals surface area contributed by atoms with Crippen LogP contribution in [-0.2, 0) is 9.59 Å². The second kappa shape index (κ2) is 4.84. The van der Waals surface area contributed by atoms with Crippen LogP contribution in [0.25, 0.3) is 16.1 Å². The number of benzene rings is 1. The summed E-state index contributed by atoms with van der Waals surface area (Å²) in [4.78, 5) is 27.5. The Labute approximate surface area is 126 Å².